The molecule has 1 fully saturated rings. The smallest absolute Gasteiger partial charge is 0.0556 e. The van der Waals surface area contributed by atoms with Crippen LogP contribution < -0.4 is 0 Å². The summed E-state index contributed by atoms with van der Waals surface area (Å²) in [6.07, 6.45) is -0.163. The van der Waals surface area contributed by atoms with Crippen LogP contribution in [0.2, 0.25) is 0 Å². The number of alkyl halides is 1. The van der Waals surface area contributed by atoms with Gasteiger partial charge >= 0.3 is 0 Å². The van der Waals surface area contributed by atoms with Crippen molar-refractivity contribution in [3.05, 3.63) is 0 Å². The Bertz CT molecular complexity index is 120. The molecule has 0 bridgehead atoms. The molecule has 54 valence electrons. The van der Waals surface area contributed by atoms with Crippen LogP contribution >= 0.6 is 15.9 Å². The van der Waals surface area contributed by atoms with Gasteiger partial charge in [-0.15, -0.1) is 0 Å². The molecular weight excluding hydrogens is 180 g/mol. The van der Waals surface area contributed by atoms with Gasteiger partial charge in [-0.3, -0.25) is 0 Å². The van der Waals surface area contributed by atoms with Gasteiger partial charge in [0.2, 0.25) is 0 Å². The Labute approximate surface area is 64.6 Å². The first kappa shape index (κ1) is 7.55. The summed E-state index contributed by atoms with van der Waals surface area (Å²) < 4.78 is 0. The van der Waals surface area contributed by atoms with E-state index in [-0.39, 0.29) is 6.10 Å². The fraction of sp³-hybridized carbons (Fsp3) is 1.00. The second-order valence-corrected chi connectivity index (χ2v) is 4.48. The van der Waals surface area contributed by atoms with E-state index in [4.69, 9.17) is 5.11 Å². The lowest BCUT2D eigenvalue weighted by Crippen LogP contribution is -2.07. The molecule has 1 saturated carbocycles. The highest BCUT2D eigenvalue weighted by molar-refractivity contribution is 9.09. The van der Waals surface area contributed by atoms with Gasteiger partial charge in [0.15, 0.2) is 0 Å². The van der Waals surface area contributed by atoms with Crippen LogP contribution in [0.4, 0.5) is 0 Å². The van der Waals surface area contributed by atoms with E-state index in [1.165, 1.54) is 0 Å². The fourth-order valence-corrected chi connectivity index (χ4v) is 2.76. The molecule has 0 saturated heterocycles. The van der Waals surface area contributed by atoms with Gasteiger partial charge in [-0.25, -0.2) is 0 Å². The van der Waals surface area contributed by atoms with Gasteiger partial charge in [-0.05, 0) is 12.3 Å². The molecule has 0 aromatic heterocycles. The molecule has 9 heavy (non-hydrogen) atoms. The highest BCUT2D eigenvalue weighted by Crippen LogP contribution is 2.58. The van der Waals surface area contributed by atoms with Crippen LogP contribution in [-0.4, -0.2) is 16.0 Å². The van der Waals surface area contributed by atoms with E-state index in [1.54, 1.807) is 0 Å². The molecule has 0 spiro atoms. The van der Waals surface area contributed by atoms with Crippen molar-refractivity contribution < 1.29 is 5.11 Å². The number of aliphatic hydroxyl groups excluding tert-OH is 1. The maximum absolute atomic E-state index is 9.17. The summed E-state index contributed by atoms with van der Waals surface area (Å²) in [7, 11) is 0. The maximum atomic E-state index is 9.17. The SMILES string of the molecule is C[C@H](O)[C@H]1[C@@H](Br)C1(C)C. The van der Waals surface area contributed by atoms with Gasteiger partial charge in [-0.1, -0.05) is 29.8 Å². The molecule has 1 N–H and O–H groups in total. The molecule has 1 aliphatic rings. The second-order valence-electron chi connectivity index (χ2n) is 3.49. The molecule has 2 heteroatoms. The van der Waals surface area contributed by atoms with Crippen molar-refractivity contribution in [3.63, 3.8) is 0 Å². The standard InChI is InChI=1S/C7H13BrO/c1-4(9)5-6(8)7(5,2)3/h4-6,9H,1-3H3/t4-,5-,6+/m0/s1. The zero-order valence-electron chi connectivity index (χ0n) is 6.06. The van der Waals surface area contributed by atoms with E-state index in [1.807, 2.05) is 6.92 Å². The topological polar surface area (TPSA) is 20.2 Å². The molecule has 0 radical (unpaired) electrons. The Morgan fingerprint density at radius 2 is 1.89 bits per heavy atom. The predicted octanol–water partition coefficient (Wildman–Crippen LogP) is 1.79. The number of hydrogen-bond donors (Lipinski definition) is 1. The zero-order valence-corrected chi connectivity index (χ0v) is 7.64. The third-order valence-electron chi connectivity index (χ3n) is 2.30. The minimum absolute atomic E-state index is 0.163. The highest BCUT2D eigenvalue weighted by Gasteiger charge is 2.58. The molecule has 0 heterocycles. The molecule has 0 amide bonds. The number of halogens is 1. The summed E-state index contributed by atoms with van der Waals surface area (Å²) in [5.74, 6) is 0.456. The van der Waals surface area contributed by atoms with E-state index < -0.39 is 0 Å². The van der Waals surface area contributed by atoms with Crippen molar-refractivity contribution in [3.8, 4) is 0 Å². The van der Waals surface area contributed by atoms with Crippen LogP contribution in [0.15, 0.2) is 0 Å². The van der Waals surface area contributed by atoms with Crippen LogP contribution in [0.1, 0.15) is 20.8 Å². The maximum Gasteiger partial charge on any atom is 0.0556 e. The number of hydrogen-bond acceptors (Lipinski definition) is 1. The van der Waals surface area contributed by atoms with Crippen molar-refractivity contribution in [1.82, 2.24) is 0 Å². The van der Waals surface area contributed by atoms with Crippen LogP contribution in [0, 0.1) is 11.3 Å². The molecule has 1 rings (SSSR count). The molecule has 0 aromatic carbocycles. The average Bonchev–Trinajstić information content (AvgIpc) is 2.07. The molecule has 0 unspecified atom stereocenters. The lowest BCUT2D eigenvalue weighted by molar-refractivity contribution is 0.156. The second kappa shape index (κ2) is 1.96. The largest absolute Gasteiger partial charge is 0.393 e. The van der Waals surface area contributed by atoms with Gasteiger partial charge in [0.1, 0.15) is 0 Å². The van der Waals surface area contributed by atoms with Crippen molar-refractivity contribution in [2.75, 3.05) is 0 Å². The first-order valence-corrected chi connectivity index (χ1v) is 4.21. The lowest BCUT2D eigenvalue weighted by Gasteiger charge is -2.03. The van der Waals surface area contributed by atoms with Gasteiger partial charge in [0, 0.05) is 10.7 Å². The Balaban J connectivity index is 2.52. The summed E-state index contributed by atoms with van der Waals surface area (Å²) in [5.41, 5.74) is 0.314. The van der Waals surface area contributed by atoms with E-state index in [0.29, 0.717) is 16.2 Å². The van der Waals surface area contributed by atoms with Crippen LogP contribution in [0.25, 0.3) is 0 Å². The number of aliphatic hydroxyl groups is 1. The van der Waals surface area contributed by atoms with Gasteiger partial charge in [-0.2, -0.15) is 0 Å². The molecule has 1 aliphatic carbocycles. The van der Waals surface area contributed by atoms with Gasteiger partial charge in [0.25, 0.3) is 0 Å². The van der Waals surface area contributed by atoms with E-state index >= 15 is 0 Å². The van der Waals surface area contributed by atoms with Crippen molar-refractivity contribution in [2.45, 2.75) is 31.7 Å². The Morgan fingerprint density at radius 1 is 1.56 bits per heavy atom. The Morgan fingerprint density at radius 3 is 1.89 bits per heavy atom. The minimum atomic E-state index is -0.163. The predicted molar refractivity (Wildman–Crippen MR) is 41.7 cm³/mol. The molecule has 1 nitrogen and oxygen atoms in total. The lowest BCUT2D eigenvalue weighted by atomic mass is 10.1. The Hall–Kier alpha value is 0.440. The van der Waals surface area contributed by atoms with Gasteiger partial charge < -0.3 is 5.11 Å². The average molecular weight is 193 g/mol. The van der Waals surface area contributed by atoms with E-state index in [0.717, 1.165) is 0 Å². The first-order valence-electron chi connectivity index (χ1n) is 3.30. The third kappa shape index (κ3) is 1.03. The minimum Gasteiger partial charge on any atom is -0.393 e. The van der Waals surface area contributed by atoms with Crippen molar-refractivity contribution in [1.29, 1.82) is 0 Å². The summed E-state index contributed by atoms with van der Waals surface area (Å²) >= 11 is 3.51. The third-order valence-corrected chi connectivity index (χ3v) is 4.05. The van der Waals surface area contributed by atoms with Crippen LogP contribution in [0.5, 0.6) is 0 Å². The normalized spacial score (nSPS) is 42.3. The first-order chi connectivity index (χ1) is 3.98. The molecule has 3 atom stereocenters. The van der Waals surface area contributed by atoms with Crippen molar-refractivity contribution in [2.24, 2.45) is 11.3 Å². The quantitative estimate of drug-likeness (QED) is 0.629. The summed E-state index contributed by atoms with van der Waals surface area (Å²) in [6.45, 7) is 6.20. The summed E-state index contributed by atoms with van der Waals surface area (Å²) in [5, 5.41) is 9.17. The zero-order chi connectivity index (χ0) is 7.23. The summed E-state index contributed by atoms with van der Waals surface area (Å²) in [6, 6.07) is 0. The molecule has 0 aromatic rings. The van der Waals surface area contributed by atoms with Crippen molar-refractivity contribution >= 4 is 15.9 Å². The van der Waals surface area contributed by atoms with Crippen LogP contribution in [0.3, 0.4) is 0 Å². The van der Waals surface area contributed by atoms with E-state index in [2.05, 4.69) is 29.8 Å². The van der Waals surface area contributed by atoms with Crippen LogP contribution in [-0.2, 0) is 0 Å². The summed E-state index contributed by atoms with van der Waals surface area (Å²) in [4.78, 5) is 0.519. The van der Waals surface area contributed by atoms with Gasteiger partial charge in [0.05, 0.1) is 6.10 Å². The molecule has 0 aliphatic heterocycles. The molecular formula is C7H13BrO. The highest BCUT2D eigenvalue weighted by atomic mass is 79.9. The fourth-order valence-electron chi connectivity index (χ4n) is 1.48. The van der Waals surface area contributed by atoms with E-state index in [9.17, 15) is 0 Å². The Kier molecular flexibility index (Phi) is 1.64. The monoisotopic (exact) mass is 192 g/mol. The number of rotatable bonds is 1.